The number of carbonyl (C=O) groups excluding carboxylic acids is 1. The van der Waals surface area contributed by atoms with Crippen LogP contribution in [0.1, 0.15) is 6.92 Å². The molecule has 20 heavy (non-hydrogen) atoms. The van der Waals surface area contributed by atoms with Crippen molar-refractivity contribution in [1.82, 2.24) is 5.32 Å². The Morgan fingerprint density at radius 3 is 2.45 bits per heavy atom. The van der Waals surface area contributed by atoms with Gasteiger partial charge in [0.1, 0.15) is 5.69 Å². The molecule has 0 aliphatic heterocycles. The van der Waals surface area contributed by atoms with Crippen LogP contribution in [0, 0.1) is 11.6 Å². The first kappa shape index (κ1) is 17.0. The van der Waals surface area contributed by atoms with Gasteiger partial charge >= 0.3 is 6.03 Å². The van der Waals surface area contributed by atoms with Gasteiger partial charge in [0.2, 0.25) is 0 Å². The van der Waals surface area contributed by atoms with Gasteiger partial charge in [-0.05, 0) is 25.3 Å². The van der Waals surface area contributed by atoms with E-state index in [4.69, 9.17) is 16.7 Å². The summed E-state index contributed by atoms with van der Waals surface area (Å²) in [7, 11) is 0. The Labute approximate surface area is 124 Å². The van der Waals surface area contributed by atoms with E-state index >= 15 is 0 Å². The maximum Gasteiger partial charge on any atom is 0.319 e. The molecule has 0 aliphatic carbocycles. The minimum Gasteiger partial charge on any atom is -0.395 e. The number of thioether (sulfide) groups is 1. The summed E-state index contributed by atoms with van der Waals surface area (Å²) < 4.78 is 27.0. The van der Waals surface area contributed by atoms with Crippen molar-refractivity contribution in [2.45, 2.75) is 18.2 Å². The summed E-state index contributed by atoms with van der Waals surface area (Å²) in [5.41, 5.74) is -0.566. The van der Waals surface area contributed by atoms with E-state index in [-0.39, 0.29) is 22.9 Å². The third-order valence-electron chi connectivity index (χ3n) is 2.64. The van der Waals surface area contributed by atoms with E-state index in [1.54, 1.807) is 13.2 Å². The Kier molecular flexibility index (Phi) is 6.51. The van der Waals surface area contributed by atoms with Gasteiger partial charge in [0.05, 0.1) is 6.61 Å². The molecule has 0 radical (unpaired) electrons. The van der Waals surface area contributed by atoms with Crippen molar-refractivity contribution in [2.75, 3.05) is 18.2 Å². The number of hydrogen-bond acceptors (Lipinski definition) is 3. The summed E-state index contributed by atoms with van der Waals surface area (Å²) >= 11 is 6.86. The van der Waals surface area contributed by atoms with Crippen LogP contribution in [0.3, 0.4) is 0 Å². The number of amides is 2. The first-order valence-electron chi connectivity index (χ1n) is 5.74. The van der Waals surface area contributed by atoms with Crippen molar-refractivity contribution in [1.29, 1.82) is 0 Å². The zero-order chi connectivity index (χ0) is 15.3. The summed E-state index contributed by atoms with van der Waals surface area (Å²) in [5, 5.41) is 13.4. The van der Waals surface area contributed by atoms with Crippen molar-refractivity contribution >= 4 is 35.1 Å². The molecule has 4 nitrogen and oxygen atoms in total. The van der Waals surface area contributed by atoms with Gasteiger partial charge in [-0.25, -0.2) is 13.6 Å². The van der Waals surface area contributed by atoms with Crippen LogP contribution in [0.25, 0.3) is 0 Å². The van der Waals surface area contributed by atoms with Crippen LogP contribution in [-0.2, 0) is 0 Å². The predicted molar refractivity (Wildman–Crippen MR) is 77.4 cm³/mol. The zero-order valence-corrected chi connectivity index (χ0v) is 12.5. The number of urea groups is 1. The van der Waals surface area contributed by atoms with Crippen LogP contribution < -0.4 is 10.6 Å². The fourth-order valence-electron chi connectivity index (χ4n) is 1.55. The normalized spacial score (nSPS) is 13.7. The van der Waals surface area contributed by atoms with E-state index in [2.05, 4.69) is 10.6 Å². The SMILES string of the molecule is CSC(CO)C(C)NC(=O)Nc1c(F)cc(Cl)cc1F. The van der Waals surface area contributed by atoms with Gasteiger partial charge in [0, 0.05) is 16.3 Å². The molecular weight excluding hydrogens is 310 g/mol. The highest BCUT2D eigenvalue weighted by molar-refractivity contribution is 7.99. The monoisotopic (exact) mass is 324 g/mol. The molecule has 0 heterocycles. The molecule has 1 rings (SSSR count). The van der Waals surface area contributed by atoms with Gasteiger partial charge in [0.25, 0.3) is 0 Å². The number of benzene rings is 1. The first-order chi connectivity index (χ1) is 9.38. The Morgan fingerprint density at radius 2 is 2.00 bits per heavy atom. The van der Waals surface area contributed by atoms with Crippen molar-refractivity contribution in [2.24, 2.45) is 0 Å². The second-order valence-electron chi connectivity index (χ2n) is 4.09. The second kappa shape index (κ2) is 7.66. The van der Waals surface area contributed by atoms with Crippen molar-refractivity contribution in [3.05, 3.63) is 28.8 Å². The standard InChI is InChI=1S/C12H15ClF2N2O2S/c1-6(10(5-18)20-2)16-12(19)17-11-8(14)3-7(13)4-9(11)15/h3-4,6,10,18H,5H2,1-2H3,(H2,16,17,19). The van der Waals surface area contributed by atoms with Crippen LogP contribution in [0.15, 0.2) is 12.1 Å². The molecule has 112 valence electrons. The molecule has 1 aromatic carbocycles. The van der Waals surface area contributed by atoms with E-state index in [0.717, 1.165) is 12.1 Å². The highest BCUT2D eigenvalue weighted by atomic mass is 35.5. The van der Waals surface area contributed by atoms with E-state index in [9.17, 15) is 13.6 Å². The van der Waals surface area contributed by atoms with Gasteiger partial charge < -0.3 is 15.7 Å². The molecule has 2 atom stereocenters. The number of anilines is 1. The van der Waals surface area contributed by atoms with Gasteiger partial charge in [-0.1, -0.05) is 11.6 Å². The third kappa shape index (κ3) is 4.50. The maximum atomic E-state index is 13.5. The molecule has 2 unspecified atom stereocenters. The average molecular weight is 325 g/mol. The van der Waals surface area contributed by atoms with Gasteiger partial charge in [-0.3, -0.25) is 0 Å². The largest absolute Gasteiger partial charge is 0.395 e. The fraction of sp³-hybridized carbons (Fsp3) is 0.417. The summed E-state index contributed by atoms with van der Waals surface area (Å²) in [5.74, 6) is -1.91. The maximum absolute atomic E-state index is 13.5. The summed E-state index contributed by atoms with van der Waals surface area (Å²) in [4.78, 5) is 11.7. The molecule has 8 heteroatoms. The summed E-state index contributed by atoms with van der Waals surface area (Å²) in [6.07, 6.45) is 1.79. The van der Waals surface area contributed by atoms with Crippen LogP contribution in [0.4, 0.5) is 19.3 Å². The lowest BCUT2D eigenvalue weighted by molar-refractivity contribution is 0.243. The van der Waals surface area contributed by atoms with Crippen LogP contribution in [0.5, 0.6) is 0 Å². The molecule has 0 spiro atoms. The van der Waals surface area contributed by atoms with Gasteiger partial charge in [-0.2, -0.15) is 11.8 Å². The van der Waals surface area contributed by atoms with Crippen LogP contribution >= 0.6 is 23.4 Å². The first-order valence-corrected chi connectivity index (χ1v) is 7.41. The Bertz CT molecular complexity index is 464. The second-order valence-corrected chi connectivity index (χ2v) is 5.60. The Balaban J connectivity index is 2.72. The summed E-state index contributed by atoms with van der Waals surface area (Å²) in [6.45, 7) is 1.57. The molecule has 0 saturated heterocycles. The molecule has 1 aromatic rings. The minimum absolute atomic E-state index is 0.0953. The van der Waals surface area contributed by atoms with Crippen LogP contribution in [0.2, 0.25) is 5.02 Å². The molecule has 0 saturated carbocycles. The minimum atomic E-state index is -0.957. The molecule has 3 N–H and O–H groups in total. The highest BCUT2D eigenvalue weighted by Crippen LogP contribution is 2.23. The molecule has 0 aromatic heterocycles. The molecule has 0 fully saturated rings. The molecular formula is C12H15ClF2N2O2S. The highest BCUT2D eigenvalue weighted by Gasteiger charge is 2.19. The number of carbonyl (C=O) groups is 1. The average Bonchev–Trinajstić information content (AvgIpc) is 2.35. The van der Waals surface area contributed by atoms with E-state index < -0.39 is 23.4 Å². The quantitative estimate of drug-likeness (QED) is 0.780. The van der Waals surface area contributed by atoms with Gasteiger partial charge in [-0.15, -0.1) is 0 Å². The lowest BCUT2D eigenvalue weighted by Gasteiger charge is -2.21. The van der Waals surface area contributed by atoms with Crippen LogP contribution in [-0.4, -0.2) is 35.3 Å². The number of halogens is 3. The number of nitrogens with one attached hydrogen (secondary N) is 2. The van der Waals surface area contributed by atoms with Crippen molar-refractivity contribution < 1.29 is 18.7 Å². The number of aliphatic hydroxyl groups is 1. The zero-order valence-electron chi connectivity index (χ0n) is 10.9. The number of rotatable bonds is 5. The number of hydrogen-bond donors (Lipinski definition) is 3. The fourth-order valence-corrected chi connectivity index (χ4v) is 2.36. The lowest BCUT2D eigenvalue weighted by atomic mass is 10.2. The molecule has 0 aliphatic rings. The number of aliphatic hydroxyl groups excluding tert-OH is 1. The lowest BCUT2D eigenvalue weighted by Crippen LogP contribution is -2.43. The molecule has 2 amide bonds. The van der Waals surface area contributed by atoms with E-state index in [1.165, 1.54) is 11.8 Å². The van der Waals surface area contributed by atoms with Gasteiger partial charge in [0.15, 0.2) is 11.6 Å². The van der Waals surface area contributed by atoms with Crippen molar-refractivity contribution in [3.8, 4) is 0 Å². The Morgan fingerprint density at radius 1 is 1.45 bits per heavy atom. The smallest absolute Gasteiger partial charge is 0.319 e. The van der Waals surface area contributed by atoms with Crippen molar-refractivity contribution in [3.63, 3.8) is 0 Å². The topological polar surface area (TPSA) is 61.4 Å². The molecule has 0 bridgehead atoms. The van der Waals surface area contributed by atoms with E-state index in [0.29, 0.717) is 0 Å². The van der Waals surface area contributed by atoms with E-state index in [1.807, 2.05) is 0 Å². The Hall–Kier alpha value is -1.05. The summed E-state index contributed by atoms with van der Waals surface area (Å²) in [6, 6.07) is 0.683. The predicted octanol–water partition coefficient (Wildman–Crippen LogP) is 2.85. The third-order valence-corrected chi connectivity index (χ3v) is 4.03.